The van der Waals surface area contributed by atoms with Gasteiger partial charge in [0.1, 0.15) is 0 Å². The molecule has 0 bridgehead atoms. The van der Waals surface area contributed by atoms with Crippen LogP contribution in [-0.4, -0.2) is 19.6 Å². The van der Waals surface area contributed by atoms with E-state index in [-0.39, 0.29) is 12.4 Å². The predicted molar refractivity (Wildman–Crippen MR) is 73.6 cm³/mol. The van der Waals surface area contributed by atoms with Crippen molar-refractivity contribution < 1.29 is 0 Å². The third-order valence-electron chi connectivity index (χ3n) is 2.92. The van der Waals surface area contributed by atoms with E-state index < -0.39 is 0 Å². The van der Waals surface area contributed by atoms with Gasteiger partial charge in [-0.15, -0.1) is 12.4 Å². The molecule has 0 aliphatic rings. The lowest BCUT2D eigenvalue weighted by molar-refractivity contribution is 0.624. The van der Waals surface area contributed by atoms with Gasteiger partial charge in [0.2, 0.25) is 0 Å². The summed E-state index contributed by atoms with van der Waals surface area (Å²) in [7, 11) is 1.96. The Kier molecular flexibility index (Phi) is 5.37. The van der Waals surface area contributed by atoms with Crippen molar-refractivity contribution in [1.82, 2.24) is 24.9 Å². The van der Waals surface area contributed by atoms with Crippen LogP contribution in [-0.2, 0) is 26.7 Å². The Bertz CT molecular complexity index is 488. The summed E-state index contributed by atoms with van der Waals surface area (Å²) in [5.74, 6) is 0. The Hall–Kier alpha value is -1.33. The van der Waals surface area contributed by atoms with Gasteiger partial charge in [-0.1, -0.05) is 0 Å². The number of hydrogen-bond donors (Lipinski definition) is 1. The summed E-state index contributed by atoms with van der Waals surface area (Å²) in [5, 5.41) is 12.0. The topological polar surface area (TPSA) is 47.7 Å². The average molecular weight is 270 g/mol. The van der Waals surface area contributed by atoms with Gasteiger partial charge >= 0.3 is 0 Å². The minimum absolute atomic E-state index is 0. The molecule has 6 heteroatoms. The van der Waals surface area contributed by atoms with Gasteiger partial charge < -0.3 is 5.32 Å². The zero-order valence-electron chi connectivity index (χ0n) is 11.1. The lowest BCUT2D eigenvalue weighted by atomic mass is 10.2. The van der Waals surface area contributed by atoms with Crippen LogP contribution >= 0.6 is 12.4 Å². The van der Waals surface area contributed by atoms with Crippen LogP contribution in [0.3, 0.4) is 0 Å². The molecule has 100 valence electrons. The van der Waals surface area contributed by atoms with Gasteiger partial charge in [0.15, 0.2) is 0 Å². The van der Waals surface area contributed by atoms with E-state index in [0.717, 1.165) is 25.3 Å². The molecule has 0 fully saturated rings. The Morgan fingerprint density at radius 3 is 2.67 bits per heavy atom. The largest absolute Gasteiger partial charge is 0.307 e. The number of rotatable bonds is 5. The molecule has 0 spiro atoms. The second kappa shape index (κ2) is 6.56. The second-order valence-corrected chi connectivity index (χ2v) is 4.15. The van der Waals surface area contributed by atoms with Crippen LogP contribution in [0.25, 0.3) is 0 Å². The summed E-state index contributed by atoms with van der Waals surface area (Å²) >= 11 is 0. The van der Waals surface area contributed by atoms with Gasteiger partial charge in [-0.05, 0) is 19.9 Å². The molecule has 0 radical (unpaired) electrons. The first-order chi connectivity index (χ1) is 8.20. The summed E-state index contributed by atoms with van der Waals surface area (Å²) in [6, 6.07) is 2.02. The van der Waals surface area contributed by atoms with Crippen LogP contribution in [0.2, 0.25) is 0 Å². The molecule has 2 aromatic rings. The molecule has 2 rings (SSSR count). The summed E-state index contributed by atoms with van der Waals surface area (Å²) in [4.78, 5) is 0. The highest BCUT2D eigenvalue weighted by atomic mass is 35.5. The highest BCUT2D eigenvalue weighted by molar-refractivity contribution is 5.85. The fraction of sp³-hybridized carbons (Fsp3) is 0.500. The maximum absolute atomic E-state index is 4.42. The van der Waals surface area contributed by atoms with Crippen molar-refractivity contribution in [3.05, 3.63) is 35.4 Å². The molecule has 0 saturated heterocycles. The molecule has 0 unspecified atom stereocenters. The number of halogens is 1. The first-order valence-corrected chi connectivity index (χ1v) is 5.91. The van der Waals surface area contributed by atoms with Crippen molar-refractivity contribution in [3.8, 4) is 0 Å². The third kappa shape index (κ3) is 3.34. The molecule has 0 amide bonds. The van der Waals surface area contributed by atoms with Crippen LogP contribution < -0.4 is 5.32 Å². The average Bonchev–Trinajstić information content (AvgIpc) is 2.87. The first kappa shape index (κ1) is 14.7. The van der Waals surface area contributed by atoms with Crippen molar-refractivity contribution in [2.24, 2.45) is 7.05 Å². The standard InChI is InChI=1S/C12H19N5.ClH/c1-4-17-9-11(10(2)15-17)7-13-8-12-5-6-14-16(12)3;/h5-6,9,13H,4,7-8H2,1-3H3;1H. The molecule has 0 aliphatic carbocycles. The number of aryl methyl sites for hydroxylation is 3. The Morgan fingerprint density at radius 1 is 1.33 bits per heavy atom. The van der Waals surface area contributed by atoms with E-state index in [4.69, 9.17) is 0 Å². The van der Waals surface area contributed by atoms with Gasteiger partial charge in [-0.25, -0.2) is 0 Å². The Balaban J connectivity index is 0.00000162. The van der Waals surface area contributed by atoms with Crippen LogP contribution in [0.1, 0.15) is 23.9 Å². The fourth-order valence-electron chi connectivity index (χ4n) is 1.79. The Labute approximate surface area is 114 Å². The molecule has 18 heavy (non-hydrogen) atoms. The van der Waals surface area contributed by atoms with Crippen molar-refractivity contribution in [1.29, 1.82) is 0 Å². The van der Waals surface area contributed by atoms with E-state index in [0.29, 0.717) is 0 Å². The number of aromatic nitrogens is 4. The monoisotopic (exact) mass is 269 g/mol. The lowest BCUT2D eigenvalue weighted by Gasteiger charge is -2.04. The molecular weight excluding hydrogens is 250 g/mol. The third-order valence-corrected chi connectivity index (χ3v) is 2.92. The smallest absolute Gasteiger partial charge is 0.0638 e. The summed E-state index contributed by atoms with van der Waals surface area (Å²) in [5.41, 5.74) is 3.55. The molecule has 2 heterocycles. The molecule has 0 atom stereocenters. The van der Waals surface area contributed by atoms with Gasteiger partial charge in [-0.3, -0.25) is 9.36 Å². The first-order valence-electron chi connectivity index (χ1n) is 5.91. The maximum Gasteiger partial charge on any atom is 0.0638 e. The number of hydrogen-bond acceptors (Lipinski definition) is 3. The molecular formula is C12H20ClN5. The van der Waals surface area contributed by atoms with Crippen molar-refractivity contribution in [2.75, 3.05) is 0 Å². The summed E-state index contributed by atoms with van der Waals surface area (Å²) in [6.07, 6.45) is 3.92. The lowest BCUT2D eigenvalue weighted by Crippen LogP contribution is -2.15. The van der Waals surface area contributed by atoms with Crippen LogP contribution in [0.5, 0.6) is 0 Å². The van der Waals surface area contributed by atoms with Crippen LogP contribution in [0.15, 0.2) is 18.5 Å². The van der Waals surface area contributed by atoms with Crippen molar-refractivity contribution in [2.45, 2.75) is 33.5 Å². The molecule has 1 N–H and O–H groups in total. The normalized spacial score (nSPS) is 10.4. The van der Waals surface area contributed by atoms with Crippen molar-refractivity contribution >= 4 is 12.4 Å². The zero-order chi connectivity index (χ0) is 12.3. The number of nitrogens with zero attached hydrogens (tertiary/aromatic N) is 4. The zero-order valence-corrected chi connectivity index (χ0v) is 11.9. The molecule has 2 aromatic heterocycles. The Morgan fingerprint density at radius 2 is 2.11 bits per heavy atom. The number of nitrogens with one attached hydrogen (secondary N) is 1. The maximum atomic E-state index is 4.42. The van der Waals surface area contributed by atoms with E-state index in [2.05, 4.69) is 28.6 Å². The SMILES string of the molecule is CCn1cc(CNCc2ccnn2C)c(C)n1.Cl. The highest BCUT2D eigenvalue weighted by Crippen LogP contribution is 2.05. The van der Waals surface area contributed by atoms with Crippen LogP contribution in [0, 0.1) is 6.92 Å². The van der Waals surface area contributed by atoms with E-state index in [1.165, 1.54) is 11.3 Å². The second-order valence-electron chi connectivity index (χ2n) is 4.15. The van der Waals surface area contributed by atoms with Gasteiger partial charge in [0.25, 0.3) is 0 Å². The van der Waals surface area contributed by atoms with Crippen LogP contribution in [0.4, 0.5) is 0 Å². The van der Waals surface area contributed by atoms with Gasteiger partial charge in [0, 0.05) is 44.6 Å². The van der Waals surface area contributed by atoms with E-state index in [1.54, 1.807) is 0 Å². The molecule has 5 nitrogen and oxygen atoms in total. The molecule has 0 aliphatic heterocycles. The predicted octanol–water partition coefficient (Wildman–Crippen LogP) is 1.66. The minimum atomic E-state index is 0. The van der Waals surface area contributed by atoms with Gasteiger partial charge in [-0.2, -0.15) is 10.2 Å². The molecule has 0 saturated carbocycles. The van der Waals surface area contributed by atoms with E-state index >= 15 is 0 Å². The summed E-state index contributed by atoms with van der Waals surface area (Å²) in [6.45, 7) is 6.74. The summed E-state index contributed by atoms with van der Waals surface area (Å²) < 4.78 is 3.85. The van der Waals surface area contributed by atoms with E-state index in [9.17, 15) is 0 Å². The van der Waals surface area contributed by atoms with Crippen molar-refractivity contribution in [3.63, 3.8) is 0 Å². The quantitative estimate of drug-likeness (QED) is 0.898. The minimum Gasteiger partial charge on any atom is -0.307 e. The molecule has 0 aromatic carbocycles. The fourth-order valence-corrected chi connectivity index (χ4v) is 1.79. The van der Waals surface area contributed by atoms with E-state index in [1.807, 2.05) is 35.6 Å². The van der Waals surface area contributed by atoms with Gasteiger partial charge in [0.05, 0.1) is 11.4 Å². The highest BCUT2D eigenvalue weighted by Gasteiger charge is 2.04.